The van der Waals surface area contributed by atoms with Crippen molar-refractivity contribution in [3.05, 3.63) is 29.6 Å². The van der Waals surface area contributed by atoms with E-state index in [-0.39, 0.29) is 35.0 Å². The van der Waals surface area contributed by atoms with Gasteiger partial charge in [-0.15, -0.1) is 0 Å². The van der Waals surface area contributed by atoms with Crippen LogP contribution in [0.1, 0.15) is 43.5 Å². The van der Waals surface area contributed by atoms with Gasteiger partial charge in [0.25, 0.3) is 5.91 Å². The van der Waals surface area contributed by atoms with Gasteiger partial charge in [0, 0.05) is 24.6 Å². The molecule has 0 aliphatic carbocycles. The zero-order valence-corrected chi connectivity index (χ0v) is 13.6. The van der Waals surface area contributed by atoms with Crippen molar-refractivity contribution in [3.8, 4) is 0 Å². The third-order valence-corrected chi connectivity index (χ3v) is 3.73. The zero-order valence-electron chi connectivity index (χ0n) is 13.6. The Morgan fingerprint density at radius 2 is 2.17 bits per heavy atom. The van der Waals surface area contributed by atoms with Crippen LogP contribution >= 0.6 is 0 Å². The maximum atomic E-state index is 14.1. The lowest BCUT2D eigenvalue weighted by Gasteiger charge is -2.23. The van der Waals surface area contributed by atoms with Crippen molar-refractivity contribution in [1.82, 2.24) is 10.6 Å². The summed E-state index contributed by atoms with van der Waals surface area (Å²) in [4.78, 5) is 23.8. The zero-order chi connectivity index (χ0) is 16.8. The maximum Gasteiger partial charge on any atom is 0.251 e. The molecular formula is C17H24FN3O2. The van der Waals surface area contributed by atoms with E-state index in [9.17, 15) is 14.0 Å². The molecule has 23 heavy (non-hydrogen) atoms. The third kappa shape index (κ3) is 5.32. The molecule has 0 spiro atoms. The molecule has 126 valence electrons. The number of carbonyl (C=O) groups is 2. The van der Waals surface area contributed by atoms with Gasteiger partial charge >= 0.3 is 0 Å². The van der Waals surface area contributed by atoms with E-state index in [1.165, 1.54) is 12.1 Å². The molecule has 5 nitrogen and oxygen atoms in total. The fraction of sp³-hybridized carbons (Fsp3) is 0.529. The lowest BCUT2D eigenvalue weighted by atomic mass is 10.1. The molecule has 0 aromatic heterocycles. The van der Waals surface area contributed by atoms with Crippen molar-refractivity contribution in [1.29, 1.82) is 0 Å². The van der Waals surface area contributed by atoms with Gasteiger partial charge in [-0.25, -0.2) is 4.39 Å². The van der Waals surface area contributed by atoms with Gasteiger partial charge < -0.3 is 16.0 Å². The summed E-state index contributed by atoms with van der Waals surface area (Å²) < 4.78 is 14.1. The average Bonchev–Trinajstić information content (AvgIpc) is 2.49. The van der Waals surface area contributed by atoms with Gasteiger partial charge in [-0.05, 0) is 43.5 Å². The van der Waals surface area contributed by atoms with E-state index in [0.29, 0.717) is 6.42 Å². The predicted octanol–water partition coefficient (Wildman–Crippen LogP) is 2.29. The molecule has 0 radical (unpaired) electrons. The van der Waals surface area contributed by atoms with Crippen LogP contribution in [0.25, 0.3) is 0 Å². The second-order valence-electron chi connectivity index (χ2n) is 6.36. The summed E-state index contributed by atoms with van der Waals surface area (Å²) >= 11 is 0. The number of anilines is 1. The summed E-state index contributed by atoms with van der Waals surface area (Å²) in [5.41, 5.74) is 0.362. The minimum absolute atomic E-state index is 0.0738. The molecule has 1 heterocycles. The highest BCUT2D eigenvalue weighted by Gasteiger charge is 2.17. The number of benzene rings is 1. The summed E-state index contributed by atoms with van der Waals surface area (Å²) in [6.07, 6.45) is 2.26. The van der Waals surface area contributed by atoms with E-state index in [1.807, 2.05) is 13.8 Å². The molecule has 0 saturated carbocycles. The third-order valence-electron chi connectivity index (χ3n) is 3.73. The molecular weight excluding hydrogens is 297 g/mol. The van der Waals surface area contributed by atoms with Crippen LogP contribution < -0.4 is 16.0 Å². The van der Waals surface area contributed by atoms with Crippen molar-refractivity contribution in [3.63, 3.8) is 0 Å². The number of hydrogen-bond acceptors (Lipinski definition) is 3. The van der Waals surface area contributed by atoms with Crippen LogP contribution in [0.4, 0.5) is 10.1 Å². The van der Waals surface area contributed by atoms with Gasteiger partial charge in [0.05, 0.1) is 5.69 Å². The molecule has 6 heteroatoms. The number of rotatable bonds is 5. The van der Waals surface area contributed by atoms with Gasteiger partial charge in [0.1, 0.15) is 5.82 Å². The molecule has 1 aliphatic rings. The van der Waals surface area contributed by atoms with E-state index in [0.717, 1.165) is 32.0 Å². The molecule has 1 aliphatic heterocycles. The van der Waals surface area contributed by atoms with E-state index in [4.69, 9.17) is 0 Å². The number of halogens is 1. The predicted molar refractivity (Wildman–Crippen MR) is 87.8 cm³/mol. The summed E-state index contributed by atoms with van der Waals surface area (Å²) in [7, 11) is 0. The Bertz CT molecular complexity index is 569. The van der Waals surface area contributed by atoms with E-state index in [1.54, 1.807) is 0 Å². The lowest BCUT2D eigenvalue weighted by Crippen LogP contribution is -2.45. The average molecular weight is 321 g/mol. The quantitative estimate of drug-likeness (QED) is 0.779. The molecule has 1 aromatic carbocycles. The molecule has 1 aromatic rings. The van der Waals surface area contributed by atoms with E-state index >= 15 is 0 Å². The second-order valence-corrected chi connectivity index (χ2v) is 6.36. The SMILES string of the molecule is CC(C)CC(=O)Nc1ccc(C(=O)NC2CCCNC2)cc1F. The Morgan fingerprint density at radius 1 is 1.39 bits per heavy atom. The van der Waals surface area contributed by atoms with Gasteiger partial charge in [0.15, 0.2) is 0 Å². The van der Waals surface area contributed by atoms with E-state index in [2.05, 4.69) is 16.0 Å². The van der Waals surface area contributed by atoms with Gasteiger partial charge in [-0.1, -0.05) is 13.8 Å². The summed E-state index contributed by atoms with van der Waals surface area (Å²) in [6.45, 7) is 5.54. The Balaban J connectivity index is 1.97. The molecule has 2 rings (SSSR count). The van der Waals surface area contributed by atoms with Crippen LogP contribution in [-0.4, -0.2) is 30.9 Å². The summed E-state index contributed by atoms with van der Waals surface area (Å²) in [5, 5.41) is 8.64. The van der Waals surface area contributed by atoms with Crippen molar-refractivity contribution in [2.75, 3.05) is 18.4 Å². The standard InChI is InChI=1S/C17H24FN3O2/c1-11(2)8-16(22)21-15-6-5-12(9-14(15)18)17(23)20-13-4-3-7-19-10-13/h5-6,9,11,13,19H,3-4,7-8,10H2,1-2H3,(H,20,23)(H,21,22). The van der Waals surface area contributed by atoms with Crippen molar-refractivity contribution in [2.45, 2.75) is 39.2 Å². The number of carbonyl (C=O) groups excluding carboxylic acids is 2. The minimum atomic E-state index is -0.600. The molecule has 3 N–H and O–H groups in total. The van der Waals surface area contributed by atoms with Crippen LogP contribution in [0, 0.1) is 11.7 Å². The van der Waals surface area contributed by atoms with Gasteiger partial charge in [-0.2, -0.15) is 0 Å². The fourth-order valence-corrected chi connectivity index (χ4v) is 2.57. The highest BCUT2D eigenvalue weighted by molar-refractivity contribution is 5.96. The van der Waals surface area contributed by atoms with Crippen LogP contribution in [0.5, 0.6) is 0 Å². The van der Waals surface area contributed by atoms with Crippen molar-refractivity contribution >= 4 is 17.5 Å². The first-order valence-electron chi connectivity index (χ1n) is 8.06. The number of amides is 2. The van der Waals surface area contributed by atoms with Crippen molar-refractivity contribution < 1.29 is 14.0 Å². The molecule has 0 bridgehead atoms. The first-order chi connectivity index (χ1) is 11.0. The Kier molecular flexibility index (Phi) is 6.10. The Labute approximate surface area is 136 Å². The monoisotopic (exact) mass is 321 g/mol. The van der Waals surface area contributed by atoms with Gasteiger partial charge in [0.2, 0.25) is 5.91 Å². The highest BCUT2D eigenvalue weighted by Crippen LogP contribution is 2.17. The number of nitrogens with one attached hydrogen (secondary N) is 3. The first-order valence-corrected chi connectivity index (χ1v) is 8.06. The molecule has 1 fully saturated rings. The van der Waals surface area contributed by atoms with Crippen LogP contribution in [0.3, 0.4) is 0 Å². The Hall–Kier alpha value is -1.95. The van der Waals surface area contributed by atoms with Crippen LogP contribution in [0.15, 0.2) is 18.2 Å². The Morgan fingerprint density at radius 3 is 2.78 bits per heavy atom. The van der Waals surface area contributed by atoms with Crippen LogP contribution in [-0.2, 0) is 4.79 Å². The largest absolute Gasteiger partial charge is 0.348 e. The normalized spacial score (nSPS) is 17.8. The number of piperidine rings is 1. The highest BCUT2D eigenvalue weighted by atomic mass is 19.1. The summed E-state index contributed by atoms with van der Waals surface area (Å²) in [5.74, 6) is -0.925. The number of hydrogen-bond donors (Lipinski definition) is 3. The molecule has 1 atom stereocenters. The fourth-order valence-electron chi connectivity index (χ4n) is 2.57. The van der Waals surface area contributed by atoms with Crippen molar-refractivity contribution in [2.24, 2.45) is 5.92 Å². The summed E-state index contributed by atoms with van der Waals surface area (Å²) in [6, 6.07) is 4.20. The first kappa shape index (κ1) is 17.4. The van der Waals surface area contributed by atoms with Gasteiger partial charge in [-0.3, -0.25) is 9.59 Å². The van der Waals surface area contributed by atoms with E-state index < -0.39 is 5.82 Å². The molecule has 1 unspecified atom stereocenters. The minimum Gasteiger partial charge on any atom is -0.348 e. The molecule has 2 amide bonds. The molecule has 1 saturated heterocycles. The second kappa shape index (κ2) is 8.06. The maximum absolute atomic E-state index is 14.1. The lowest BCUT2D eigenvalue weighted by molar-refractivity contribution is -0.116. The topological polar surface area (TPSA) is 70.2 Å². The van der Waals surface area contributed by atoms with Crippen LogP contribution in [0.2, 0.25) is 0 Å². The smallest absolute Gasteiger partial charge is 0.251 e.